The maximum absolute atomic E-state index is 13.1. The van der Waals surface area contributed by atoms with Crippen LogP contribution in [0.5, 0.6) is 11.5 Å². The highest BCUT2D eigenvalue weighted by atomic mass is 16.5. The second-order valence-corrected chi connectivity index (χ2v) is 6.27. The Morgan fingerprint density at radius 3 is 2.76 bits per heavy atom. The Labute approximate surface area is 147 Å². The van der Waals surface area contributed by atoms with Gasteiger partial charge in [-0.15, -0.1) is 0 Å². The van der Waals surface area contributed by atoms with Gasteiger partial charge in [0.2, 0.25) is 5.91 Å². The number of aromatic nitrogens is 1. The summed E-state index contributed by atoms with van der Waals surface area (Å²) in [7, 11) is 3.27. The summed E-state index contributed by atoms with van der Waals surface area (Å²) in [5.74, 6) is 2.22. The number of pyridine rings is 1. The third-order valence-electron chi connectivity index (χ3n) is 4.99. The van der Waals surface area contributed by atoms with E-state index in [1.54, 1.807) is 25.3 Å². The molecule has 3 heterocycles. The van der Waals surface area contributed by atoms with Crippen molar-refractivity contribution in [3.05, 3.63) is 48.2 Å². The highest BCUT2D eigenvalue weighted by Crippen LogP contribution is 2.44. The van der Waals surface area contributed by atoms with E-state index in [2.05, 4.69) is 9.88 Å². The van der Waals surface area contributed by atoms with Gasteiger partial charge >= 0.3 is 0 Å². The topological polar surface area (TPSA) is 54.9 Å². The molecule has 2 fully saturated rings. The van der Waals surface area contributed by atoms with Crippen LogP contribution in [0.15, 0.2) is 42.6 Å². The number of carbonyl (C=O) groups excluding carboxylic acids is 1. The Balaban J connectivity index is 1.83. The Morgan fingerprint density at radius 1 is 1.16 bits per heavy atom. The molecule has 1 amide bonds. The minimum Gasteiger partial charge on any atom is -0.497 e. The molecule has 2 aliphatic rings. The second kappa shape index (κ2) is 6.37. The predicted octanol–water partition coefficient (Wildman–Crippen LogP) is 2.61. The van der Waals surface area contributed by atoms with Crippen molar-refractivity contribution in [2.24, 2.45) is 0 Å². The van der Waals surface area contributed by atoms with E-state index in [9.17, 15) is 4.79 Å². The largest absolute Gasteiger partial charge is 0.497 e. The number of fused-ring (bicyclic) bond motifs is 1. The normalized spacial score (nSPS) is 23.0. The number of hydrogen-bond donors (Lipinski definition) is 0. The number of anilines is 1. The van der Waals surface area contributed by atoms with Gasteiger partial charge in [-0.2, -0.15) is 0 Å². The van der Waals surface area contributed by atoms with Crippen molar-refractivity contribution in [1.29, 1.82) is 0 Å². The van der Waals surface area contributed by atoms with Crippen LogP contribution in [0.1, 0.15) is 24.6 Å². The van der Waals surface area contributed by atoms with Crippen molar-refractivity contribution in [2.75, 3.05) is 25.7 Å². The average molecular weight is 339 g/mol. The molecule has 0 saturated carbocycles. The van der Waals surface area contributed by atoms with E-state index in [1.165, 1.54) is 0 Å². The number of hydrogen-bond acceptors (Lipinski definition) is 5. The number of methoxy groups -OCH3 is 2. The standard InChI is InChI=1S/C19H21N3O3/c1-24-13-8-9-14(16(12-13)25-2)18-21-11-5-6-15(21)19(23)22(18)17-7-3-4-10-20-17/h3-4,7-10,12,15,18H,5-6,11H2,1-2H3/t15-,18+/m0/s1. The van der Waals surface area contributed by atoms with Crippen LogP contribution in [0, 0.1) is 0 Å². The molecule has 0 N–H and O–H groups in total. The third-order valence-corrected chi connectivity index (χ3v) is 4.99. The van der Waals surface area contributed by atoms with E-state index >= 15 is 0 Å². The van der Waals surface area contributed by atoms with Gasteiger partial charge in [0.25, 0.3) is 0 Å². The van der Waals surface area contributed by atoms with Crippen molar-refractivity contribution < 1.29 is 14.3 Å². The van der Waals surface area contributed by atoms with Crippen molar-refractivity contribution in [2.45, 2.75) is 25.0 Å². The summed E-state index contributed by atoms with van der Waals surface area (Å²) in [4.78, 5) is 21.5. The van der Waals surface area contributed by atoms with Gasteiger partial charge in [-0.05, 0) is 37.1 Å². The van der Waals surface area contributed by atoms with Crippen LogP contribution in [0.4, 0.5) is 5.82 Å². The molecule has 25 heavy (non-hydrogen) atoms. The van der Waals surface area contributed by atoms with Gasteiger partial charge in [0.05, 0.1) is 20.3 Å². The SMILES string of the molecule is COc1ccc([C@H]2N(c3ccccn3)C(=O)[C@@H]3CCCN32)c(OC)c1. The summed E-state index contributed by atoms with van der Waals surface area (Å²) in [5, 5.41) is 0. The molecule has 130 valence electrons. The van der Waals surface area contributed by atoms with Crippen LogP contribution in [-0.4, -0.2) is 42.6 Å². The van der Waals surface area contributed by atoms with Gasteiger partial charge in [-0.1, -0.05) is 6.07 Å². The lowest BCUT2D eigenvalue weighted by atomic mass is 10.1. The first-order valence-electron chi connectivity index (χ1n) is 8.46. The number of ether oxygens (including phenoxy) is 2. The molecule has 0 unspecified atom stereocenters. The summed E-state index contributed by atoms with van der Waals surface area (Å²) in [5.41, 5.74) is 0.951. The van der Waals surface area contributed by atoms with Gasteiger partial charge in [0.1, 0.15) is 23.5 Å². The molecule has 4 rings (SSSR count). The first kappa shape index (κ1) is 15.9. The zero-order chi connectivity index (χ0) is 17.4. The van der Waals surface area contributed by atoms with Crippen LogP contribution in [-0.2, 0) is 4.79 Å². The Bertz CT molecular complexity index is 781. The molecule has 0 bridgehead atoms. The number of amides is 1. The number of nitrogens with zero attached hydrogens (tertiary/aromatic N) is 3. The van der Waals surface area contributed by atoms with Gasteiger partial charge in [-0.3, -0.25) is 14.6 Å². The van der Waals surface area contributed by atoms with E-state index in [-0.39, 0.29) is 18.1 Å². The molecular formula is C19H21N3O3. The lowest BCUT2D eigenvalue weighted by Gasteiger charge is -2.30. The fourth-order valence-corrected chi connectivity index (χ4v) is 3.86. The van der Waals surface area contributed by atoms with E-state index in [0.717, 1.165) is 30.7 Å². The molecular weight excluding hydrogens is 318 g/mol. The highest BCUT2D eigenvalue weighted by molar-refractivity contribution is 5.99. The summed E-state index contributed by atoms with van der Waals surface area (Å²) in [6.45, 7) is 0.888. The third kappa shape index (κ3) is 2.53. The lowest BCUT2D eigenvalue weighted by Crippen LogP contribution is -2.33. The number of rotatable bonds is 4. The van der Waals surface area contributed by atoms with Gasteiger partial charge < -0.3 is 9.47 Å². The Kier molecular flexibility index (Phi) is 4.05. The number of carbonyl (C=O) groups is 1. The van der Waals surface area contributed by atoms with Gasteiger partial charge in [-0.25, -0.2) is 4.98 Å². The maximum atomic E-state index is 13.1. The van der Waals surface area contributed by atoms with Crippen molar-refractivity contribution in [3.63, 3.8) is 0 Å². The molecule has 0 spiro atoms. The van der Waals surface area contributed by atoms with E-state index in [4.69, 9.17) is 9.47 Å². The van der Waals surface area contributed by atoms with Crippen LogP contribution >= 0.6 is 0 Å². The summed E-state index contributed by atoms with van der Waals surface area (Å²) in [6, 6.07) is 11.3. The van der Waals surface area contributed by atoms with Crippen molar-refractivity contribution in [1.82, 2.24) is 9.88 Å². The second-order valence-electron chi connectivity index (χ2n) is 6.27. The maximum Gasteiger partial charge on any atom is 0.247 e. The number of benzene rings is 1. The molecule has 2 saturated heterocycles. The molecule has 1 aromatic heterocycles. The van der Waals surface area contributed by atoms with Crippen molar-refractivity contribution in [3.8, 4) is 11.5 Å². The van der Waals surface area contributed by atoms with E-state index in [0.29, 0.717) is 11.6 Å². The first-order valence-corrected chi connectivity index (χ1v) is 8.46. The van der Waals surface area contributed by atoms with Crippen LogP contribution in [0.25, 0.3) is 0 Å². The molecule has 1 aromatic carbocycles. The molecule has 0 aliphatic carbocycles. The van der Waals surface area contributed by atoms with Crippen LogP contribution in [0.2, 0.25) is 0 Å². The van der Waals surface area contributed by atoms with Gasteiger partial charge in [0.15, 0.2) is 0 Å². The average Bonchev–Trinajstić information content (AvgIpc) is 3.24. The smallest absolute Gasteiger partial charge is 0.247 e. The fraction of sp³-hybridized carbons (Fsp3) is 0.368. The van der Waals surface area contributed by atoms with Crippen LogP contribution in [0.3, 0.4) is 0 Å². The van der Waals surface area contributed by atoms with Gasteiger partial charge in [0, 0.05) is 24.4 Å². The minimum atomic E-state index is -0.212. The minimum absolute atomic E-state index is 0.0844. The molecule has 6 heteroatoms. The summed E-state index contributed by atoms with van der Waals surface area (Å²) >= 11 is 0. The molecule has 2 aliphatic heterocycles. The summed E-state index contributed by atoms with van der Waals surface area (Å²) in [6.07, 6.45) is 3.42. The monoisotopic (exact) mass is 339 g/mol. The quantitative estimate of drug-likeness (QED) is 0.857. The molecule has 6 nitrogen and oxygen atoms in total. The van der Waals surface area contributed by atoms with Crippen LogP contribution < -0.4 is 14.4 Å². The zero-order valence-electron chi connectivity index (χ0n) is 14.4. The Hall–Kier alpha value is -2.60. The van der Waals surface area contributed by atoms with Crippen molar-refractivity contribution >= 4 is 11.7 Å². The highest BCUT2D eigenvalue weighted by Gasteiger charge is 2.50. The zero-order valence-corrected chi connectivity index (χ0v) is 14.4. The Morgan fingerprint density at radius 2 is 2.04 bits per heavy atom. The fourth-order valence-electron chi connectivity index (χ4n) is 3.86. The lowest BCUT2D eigenvalue weighted by molar-refractivity contribution is -0.119. The van der Waals surface area contributed by atoms with E-state index < -0.39 is 0 Å². The first-order chi connectivity index (χ1) is 12.2. The molecule has 0 radical (unpaired) electrons. The molecule has 2 atom stereocenters. The van der Waals surface area contributed by atoms with E-state index in [1.807, 2.05) is 36.4 Å². The summed E-state index contributed by atoms with van der Waals surface area (Å²) < 4.78 is 10.9. The predicted molar refractivity (Wildman–Crippen MR) is 93.7 cm³/mol. The molecule has 2 aromatic rings.